The first-order valence-electron chi connectivity index (χ1n) is 6.82. The van der Waals surface area contributed by atoms with Gasteiger partial charge in [0.1, 0.15) is 0 Å². The summed E-state index contributed by atoms with van der Waals surface area (Å²) in [6.07, 6.45) is 2.06. The summed E-state index contributed by atoms with van der Waals surface area (Å²) in [5.41, 5.74) is 2.84. The van der Waals surface area contributed by atoms with Gasteiger partial charge in [-0.05, 0) is 38.1 Å². The molecule has 4 nitrogen and oxygen atoms in total. The highest BCUT2D eigenvalue weighted by Gasteiger charge is 2.21. The number of carbonyl (C=O) groups excluding carboxylic acids is 1. The van der Waals surface area contributed by atoms with Crippen molar-refractivity contribution < 1.29 is 13.2 Å². The quantitative estimate of drug-likeness (QED) is 0.697. The maximum atomic E-state index is 12.8. The van der Waals surface area contributed by atoms with Gasteiger partial charge in [-0.3, -0.25) is 4.79 Å². The number of carbonyl (C=O) groups is 1. The molecule has 3 aromatic rings. The zero-order chi connectivity index (χ0) is 15.9. The number of aryl methyl sites for hydroxylation is 2. The molecule has 0 amide bonds. The van der Waals surface area contributed by atoms with Gasteiger partial charge in [0.25, 0.3) is 10.0 Å². The molecule has 0 atom stereocenters. The van der Waals surface area contributed by atoms with Gasteiger partial charge in [-0.25, -0.2) is 12.4 Å². The predicted molar refractivity (Wildman–Crippen MR) is 85.8 cm³/mol. The van der Waals surface area contributed by atoms with Crippen molar-refractivity contribution in [3.63, 3.8) is 0 Å². The summed E-state index contributed by atoms with van der Waals surface area (Å²) in [4.78, 5) is 11.4. The average molecular weight is 313 g/mol. The lowest BCUT2D eigenvalue weighted by Gasteiger charge is -2.08. The maximum absolute atomic E-state index is 12.8. The Morgan fingerprint density at radius 2 is 1.59 bits per heavy atom. The molecule has 0 spiro atoms. The molecule has 0 saturated carbocycles. The van der Waals surface area contributed by atoms with Crippen molar-refractivity contribution in [2.24, 2.45) is 0 Å². The van der Waals surface area contributed by atoms with Crippen molar-refractivity contribution >= 4 is 27.2 Å². The maximum Gasteiger partial charge on any atom is 0.268 e. The summed E-state index contributed by atoms with van der Waals surface area (Å²) in [7, 11) is -3.73. The number of hydrogen-bond acceptors (Lipinski definition) is 3. The predicted octanol–water partition coefficient (Wildman–Crippen LogP) is 3.31. The molecule has 0 unspecified atom stereocenters. The first-order chi connectivity index (χ1) is 10.4. The number of benzene rings is 2. The molecule has 0 bridgehead atoms. The molecule has 2 aromatic carbocycles. The first-order valence-corrected chi connectivity index (χ1v) is 8.26. The van der Waals surface area contributed by atoms with E-state index in [0.717, 1.165) is 11.1 Å². The Bertz CT molecular complexity index is 967. The molecule has 0 aliphatic rings. The Labute approximate surface area is 129 Å². The van der Waals surface area contributed by atoms with E-state index in [1.807, 2.05) is 26.0 Å². The highest BCUT2D eigenvalue weighted by molar-refractivity contribution is 7.90. The fourth-order valence-electron chi connectivity index (χ4n) is 2.46. The van der Waals surface area contributed by atoms with Gasteiger partial charge in [0.05, 0.1) is 10.4 Å². The Morgan fingerprint density at radius 3 is 2.23 bits per heavy atom. The zero-order valence-corrected chi connectivity index (χ0v) is 13.1. The molecule has 0 saturated heterocycles. The average Bonchev–Trinajstić information content (AvgIpc) is 2.86. The number of rotatable bonds is 3. The van der Waals surface area contributed by atoms with Crippen molar-refractivity contribution in [2.45, 2.75) is 18.7 Å². The number of hydrogen-bond donors (Lipinski definition) is 0. The third-order valence-electron chi connectivity index (χ3n) is 3.66. The van der Waals surface area contributed by atoms with E-state index in [9.17, 15) is 13.2 Å². The molecule has 0 aliphatic heterocycles. The van der Waals surface area contributed by atoms with Gasteiger partial charge < -0.3 is 0 Å². The molecule has 0 radical (unpaired) electrons. The van der Waals surface area contributed by atoms with E-state index in [-0.39, 0.29) is 4.90 Å². The SMILES string of the molecule is Cc1ccc(S(=O)(=O)n2cc(C=O)c3cc(C)ccc32)cc1. The van der Waals surface area contributed by atoms with Crippen LogP contribution in [0, 0.1) is 13.8 Å². The van der Waals surface area contributed by atoms with Crippen LogP contribution in [-0.4, -0.2) is 18.7 Å². The van der Waals surface area contributed by atoms with Crippen molar-refractivity contribution in [1.82, 2.24) is 3.97 Å². The van der Waals surface area contributed by atoms with E-state index in [2.05, 4.69) is 0 Å². The Morgan fingerprint density at radius 1 is 0.955 bits per heavy atom. The molecule has 1 aromatic heterocycles. The largest absolute Gasteiger partial charge is 0.298 e. The van der Waals surface area contributed by atoms with Crippen LogP contribution >= 0.6 is 0 Å². The summed E-state index contributed by atoms with van der Waals surface area (Å²) in [5.74, 6) is 0. The van der Waals surface area contributed by atoms with Crippen LogP contribution < -0.4 is 0 Å². The number of aldehydes is 1. The van der Waals surface area contributed by atoms with Crippen LogP contribution in [0.5, 0.6) is 0 Å². The summed E-state index contributed by atoms with van der Waals surface area (Å²) in [6, 6.07) is 12.0. The lowest BCUT2D eigenvalue weighted by atomic mass is 10.1. The standard InChI is InChI=1S/C17H15NO3S/c1-12-3-6-15(7-4-12)22(20,21)18-10-14(11-19)16-9-13(2)5-8-17(16)18/h3-11H,1-2H3. The van der Waals surface area contributed by atoms with Gasteiger partial charge in [-0.2, -0.15) is 0 Å². The van der Waals surface area contributed by atoms with E-state index in [0.29, 0.717) is 22.8 Å². The zero-order valence-electron chi connectivity index (χ0n) is 12.3. The number of nitrogens with zero attached hydrogens (tertiary/aromatic N) is 1. The molecule has 22 heavy (non-hydrogen) atoms. The van der Waals surface area contributed by atoms with E-state index in [1.54, 1.807) is 30.3 Å². The molecule has 0 fully saturated rings. The molecular formula is C17H15NO3S. The monoisotopic (exact) mass is 313 g/mol. The second-order valence-electron chi connectivity index (χ2n) is 5.34. The minimum Gasteiger partial charge on any atom is -0.298 e. The van der Waals surface area contributed by atoms with E-state index < -0.39 is 10.0 Å². The molecule has 5 heteroatoms. The molecule has 0 aliphatic carbocycles. The summed E-state index contributed by atoms with van der Waals surface area (Å²) < 4.78 is 26.8. The van der Waals surface area contributed by atoms with Gasteiger partial charge in [0.15, 0.2) is 6.29 Å². The van der Waals surface area contributed by atoms with E-state index in [1.165, 1.54) is 10.2 Å². The van der Waals surface area contributed by atoms with Crippen LogP contribution in [0.4, 0.5) is 0 Å². The van der Waals surface area contributed by atoms with Gasteiger partial charge in [-0.15, -0.1) is 0 Å². The van der Waals surface area contributed by atoms with Crippen molar-refractivity contribution in [3.8, 4) is 0 Å². The number of fused-ring (bicyclic) bond motifs is 1. The Kier molecular flexibility index (Phi) is 3.37. The van der Waals surface area contributed by atoms with E-state index >= 15 is 0 Å². The smallest absolute Gasteiger partial charge is 0.268 e. The van der Waals surface area contributed by atoms with Gasteiger partial charge in [0, 0.05) is 17.1 Å². The first kappa shape index (κ1) is 14.5. The van der Waals surface area contributed by atoms with Crippen LogP contribution in [0.2, 0.25) is 0 Å². The lowest BCUT2D eigenvalue weighted by Crippen LogP contribution is -2.11. The minimum absolute atomic E-state index is 0.202. The van der Waals surface area contributed by atoms with Gasteiger partial charge in [0.2, 0.25) is 0 Å². The highest BCUT2D eigenvalue weighted by atomic mass is 32.2. The molecule has 112 valence electrons. The Hall–Kier alpha value is -2.40. The number of aromatic nitrogens is 1. The molecular weight excluding hydrogens is 298 g/mol. The van der Waals surface area contributed by atoms with Crippen molar-refractivity contribution in [1.29, 1.82) is 0 Å². The normalized spacial score (nSPS) is 11.7. The minimum atomic E-state index is -3.73. The fourth-order valence-corrected chi connectivity index (χ4v) is 3.83. The second kappa shape index (κ2) is 5.10. The van der Waals surface area contributed by atoms with Crippen LogP contribution in [-0.2, 0) is 10.0 Å². The van der Waals surface area contributed by atoms with Crippen LogP contribution in [0.3, 0.4) is 0 Å². The third-order valence-corrected chi connectivity index (χ3v) is 5.35. The fraction of sp³-hybridized carbons (Fsp3) is 0.118. The molecule has 3 rings (SSSR count). The van der Waals surface area contributed by atoms with Crippen molar-refractivity contribution in [2.75, 3.05) is 0 Å². The highest BCUT2D eigenvalue weighted by Crippen LogP contribution is 2.26. The van der Waals surface area contributed by atoms with Gasteiger partial charge >= 0.3 is 0 Å². The van der Waals surface area contributed by atoms with Crippen LogP contribution in [0.1, 0.15) is 21.5 Å². The Balaban J connectivity index is 2.29. The van der Waals surface area contributed by atoms with Gasteiger partial charge in [-0.1, -0.05) is 29.3 Å². The third kappa shape index (κ3) is 2.23. The summed E-state index contributed by atoms with van der Waals surface area (Å²) >= 11 is 0. The van der Waals surface area contributed by atoms with Crippen LogP contribution in [0.25, 0.3) is 10.9 Å². The van der Waals surface area contributed by atoms with Crippen molar-refractivity contribution in [3.05, 3.63) is 65.4 Å². The lowest BCUT2D eigenvalue weighted by molar-refractivity contribution is 0.112. The van der Waals surface area contributed by atoms with E-state index in [4.69, 9.17) is 0 Å². The topological polar surface area (TPSA) is 56.1 Å². The molecule has 1 heterocycles. The summed E-state index contributed by atoms with van der Waals surface area (Å²) in [5, 5.41) is 0.644. The van der Waals surface area contributed by atoms with Crippen LogP contribution in [0.15, 0.2) is 53.6 Å². The summed E-state index contributed by atoms with van der Waals surface area (Å²) in [6.45, 7) is 3.80. The second-order valence-corrected chi connectivity index (χ2v) is 7.15. The molecule has 0 N–H and O–H groups in total.